The Kier molecular flexibility index (Phi) is 6.93. The number of hydrogen-bond donors (Lipinski definition) is 1. The summed E-state index contributed by atoms with van der Waals surface area (Å²) in [5.74, 6) is -0.288. The SMILES string of the molecule is Cc1cc(NC(=O)C2CCN(c3ccc(S(=O)(=O)N4CCOCC4)cc3[N+](=O)[O-])CC2)sn1. The maximum atomic E-state index is 12.9. The average Bonchev–Trinajstić information content (AvgIpc) is 3.23. The Balaban J connectivity index is 1.46. The minimum atomic E-state index is -3.84. The summed E-state index contributed by atoms with van der Waals surface area (Å²) in [6.45, 7) is 3.79. The molecule has 1 N–H and O–H groups in total. The van der Waals surface area contributed by atoms with Gasteiger partial charge in [0.1, 0.15) is 10.7 Å². The molecule has 0 saturated carbocycles. The topological polar surface area (TPSA) is 135 Å². The van der Waals surface area contributed by atoms with Crippen molar-refractivity contribution in [3.63, 3.8) is 0 Å². The number of nitrogens with zero attached hydrogens (tertiary/aromatic N) is 4. The molecule has 3 heterocycles. The van der Waals surface area contributed by atoms with Crippen LogP contribution in [-0.2, 0) is 19.6 Å². The molecule has 0 aliphatic carbocycles. The van der Waals surface area contributed by atoms with Crippen LogP contribution in [0.2, 0.25) is 0 Å². The van der Waals surface area contributed by atoms with Gasteiger partial charge in [-0.25, -0.2) is 8.42 Å². The van der Waals surface area contributed by atoms with E-state index in [1.54, 1.807) is 0 Å². The number of aromatic nitrogens is 1. The van der Waals surface area contributed by atoms with Crippen LogP contribution in [0, 0.1) is 23.0 Å². The van der Waals surface area contributed by atoms with Crippen molar-refractivity contribution in [2.75, 3.05) is 49.6 Å². The first-order chi connectivity index (χ1) is 15.8. The molecule has 11 nitrogen and oxygen atoms in total. The minimum absolute atomic E-state index is 0.0836. The molecule has 2 saturated heterocycles. The molecule has 0 radical (unpaired) electrons. The van der Waals surface area contributed by atoms with Crippen molar-refractivity contribution in [1.29, 1.82) is 0 Å². The van der Waals surface area contributed by atoms with Crippen LogP contribution in [0.15, 0.2) is 29.2 Å². The van der Waals surface area contributed by atoms with Crippen LogP contribution in [0.25, 0.3) is 0 Å². The molecule has 13 heteroatoms. The van der Waals surface area contributed by atoms with Crippen molar-refractivity contribution in [3.05, 3.63) is 40.1 Å². The summed E-state index contributed by atoms with van der Waals surface area (Å²) in [6.07, 6.45) is 1.07. The molecule has 0 atom stereocenters. The Morgan fingerprint density at radius 3 is 2.52 bits per heavy atom. The third-order valence-corrected chi connectivity index (χ3v) is 8.52. The van der Waals surface area contributed by atoms with Crippen LogP contribution >= 0.6 is 11.5 Å². The molecule has 2 aromatic rings. The van der Waals surface area contributed by atoms with E-state index in [0.29, 0.717) is 49.8 Å². The predicted molar refractivity (Wildman–Crippen MR) is 123 cm³/mol. The smallest absolute Gasteiger partial charge is 0.293 e. The van der Waals surface area contributed by atoms with Gasteiger partial charge in [0, 0.05) is 38.2 Å². The lowest BCUT2D eigenvalue weighted by molar-refractivity contribution is -0.384. The van der Waals surface area contributed by atoms with Crippen LogP contribution < -0.4 is 10.2 Å². The summed E-state index contributed by atoms with van der Waals surface area (Å²) in [6, 6.07) is 5.85. The predicted octanol–water partition coefficient (Wildman–Crippen LogP) is 2.24. The third-order valence-electron chi connectivity index (χ3n) is 5.83. The number of benzene rings is 1. The van der Waals surface area contributed by atoms with Crippen molar-refractivity contribution >= 4 is 43.8 Å². The quantitative estimate of drug-likeness (QED) is 0.476. The van der Waals surface area contributed by atoms with Gasteiger partial charge in [-0.2, -0.15) is 8.68 Å². The summed E-state index contributed by atoms with van der Waals surface area (Å²) in [4.78, 5) is 25.5. The van der Waals surface area contributed by atoms with Gasteiger partial charge in [0.25, 0.3) is 5.69 Å². The monoisotopic (exact) mass is 495 g/mol. The number of rotatable bonds is 6. The van der Waals surface area contributed by atoms with Gasteiger partial charge in [0.2, 0.25) is 15.9 Å². The van der Waals surface area contributed by atoms with Crippen LogP contribution in [0.5, 0.6) is 0 Å². The minimum Gasteiger partial charge on any atom is -0.379 e. The van der Waals surface area contributed by atoms with E-state index in [1.165, 1.54) is 28.0 Å². The number of sulfonamides is 1. The fourth-order valence-electron chi connectivity index (χ4n) is 4.04. The maximum Gasteiger partial charge on any atom is 0.293 e. The van der Waals surface area contributed by atoms with E-state index in [1.807, 2.05) is 17.9 Å². The molecule has 2 aliphatic heterocycles. The highest BCUT2D eigenvalue weighted by molar-refractivity contribution is 7.89. The van der Waals surface area contributed by atoms with E-state index in [-0.39, 0.29) is 35.5 Å². The van der Waals surface area contributed by atoms with Crippen LogP contribution in [0.4, 0.5) is 16.4 Å². The summed E-state index contributed by atoms with van der Waals surface area (Å²) in [5, 5.41) is 15.4. The normalized spacial score (nSPS) is 18.3. The molecule has 0 unspecified atom stereocenters. The number of amides is 1. The molecular formula is C20H25N5O6S2. The maximum absolute atomic E-state index is 12.9. The highest BCUT2D eigenvalue weighted by atomic mass is 32.2. The highest BCUT2D eigenvalue weighted by Gasteiger charge is 2.32. The van der Waals surface area contributed by atoms with Gasteiger partial charge in [-0.15, -0.1) is 0 Å². The fourth-order valence-corrected chi connectivity index (χ4v) is 6.13. The molecular weight excluding hydrogens is 470 g/mol. The Labute approximate surface area is 195 Å². The van der Waals surface area contributed by atoms with Gasteiger partial charge in [-0.1, -0.05) is 0 Å². The summed E-state index contributed by atoms with van der Waals surface area (Å²) < 4.78 is 36.4. The van der Waals surface area contributed by atoms with Crippen molar-refractivity contribution in [2.45, 2.75) is 24.7 Å². The van der Waals surface area contributed by atoms with E-state index in [9.17, 15) is 23.3 Å². The third kappa shape index (κ3) is 5.16. The molecule has 1 amide bonds. The zero-order chi connectivity index (χ0) is 23.6. The second-order valence-electron chi connectivity index (χ2n) is 8.01. The highest BCUT2D eigenvalue weighted by Crippen LogP contribution is 2.34. The van der Waals surface area contributed by atoms with Gasteiger partial charge in [0.05, 0.1) is 28.7 Å². The second-order valence-corrected chi connectivity index (χ2v) is 10.8. The summed E-state index contributed by atoms with van der Waals surface area (Å²) >= 11 is 1.23. The number of aryl methyl sites for hydroxylation is 1. The van der Waals surface area contributed by atoms with E-state index in [0.717, 1.165) is 11.8 Å². The van der Waals surface area contributed by atoms with Crippen molar-refractivity contribution in [3.8, 4) is 0 Å². The summed E-state index contributed by atoms with van der Waals surface area (Å²) in [5.41, 5.74) is 0.946. The zero-order valence-corrected chi connectivity index (χ0v) is 19.7. The Morgan fingerprint density at radius 2 is 1.91 bits per heavy atom. The van der Waals surface area contributed by atoms with Crippen LogP contribution in [-0.4, -0.2) is 67.3 Å². The molecule has 4 rings (SSSR count). The molecule has 1 aromatic heterocycles. The summed E-state index contributed by atoms with van der Waals surface area (Å²) in [7, 11) is -3.84. The van der Waals surface area contributed by atoms with Gasteiger partial charge in [-0.05, 0) is 49.5 Å². The lowest BCUT2D eigenvalue weighted by Gasteiger charge is -2.32. The first-order valence-electron chi connectivity index (χ1n) is 10.6. The number of anilines is 2. The number of nitro benzene ring substituents is 1. The van der Waals surface area contributed by atoms with Gasteiger partial charge < -0.3 is 15.0 Å². The number of ether oxygens (including phenoxy) is 1. The first-order valence-corrected chi connectivity index (χ1v) is 12.8. The molecule has 2 aliphatic rings. The van der Waals surface area contributed by atoms with E-state index in [2.05, 4.69) is 9.69 Å². The van der Waals surface area contributed by atoms with Crippen LogP contribution in [0.3, 0.4) is 0 Å². The Bertz CT molecular complexity index is 1140. The Morgan fingerprint density at radius 1 is 1.21 bits per heavy atom. The zero-order valence-electron chi connectivity index (χ0n) is 18.1. The fraction of sp³-hybridized carbons (Fsp3) is 0.500. The molecule has 1 aromatic carbocycles. The number of morpholine rings is 1. The number of nitro groups is 1. The van der Waals surface area contributed by atoms with Crippen molar-refractivity contribution in [2.24, 2.45) is 5.92 Å². The number of carbonyl (C=O) groups excluding carboxylic acids is 1. The lowest BCUT2D eigenvalue weighted by atomic mass is 9.95. The standard InChI is InChI=1S/C20H25N5O6S2/c1-14-12-19(32-22-14)21-20(26)15-4-6-23(7-5-15)17-3-2-16(13-18(17)25(27)28)33(29,30)24-8-10-31-11-9-24/h2-3,12-13,15H,4-11H2,1H3,(H,21,26). The van der Waals surface area contributed by atoms with Crippen molar-refractivity contribution < 1.29 is 22.9 Å². The molecule has 33 heavy (non-hydrogen) atoms. The first kappa shape index (κ1) is 23.5. The molecule has 0 spiro atoms. The molecule has 0 bridgehead atoms. The number of nitrogens with one attached hydrogen (secondary N) is 1. The van der Waals surface area contributed by atoms with E-state index in [4.69, 9.17) is 4.74 Å². The van der Waals surface area contributed by atoms with Crippen molar-refractivity contribution in [1.82, 2.24) is 8.68 Å². The largest absolute Gasteiger partial charge is 0.379 e. The molecule has 2 fully saturated rings. The average molecular weight is 496 g/mol. The molecule has 178 valence electrons. The number of carbonyl (C=O) groups is 1. The number of hydrogen-bond acceptors (Lipinski definition) is 9. The lowest BCUT2D eigenvalue weighted by Crippen LogP contribution is -2.40. The van der Waals surface area contributed by atoms with Gasteiger partial charge in [0.15, 0.2) is 0 Å². The van der Waals surface area contributed by atoms with Gasteiger partial charge in [-0.3, -0.25) is 14.9 Å². The van der Waals surface area contributed by atoms with Gasteiger partial charge >= 0.3 is 0 Å². The second kappa shape index (κ2) is 9.71. The number of piperidine rings is 1. The van der Waals surface area contributed by atoms with E-state index >= 15 is 0 Å². The van der Waals surface area contributed by atoms with Crippen LogP contribution in [0.1, 0.15) is 18.5 Å². The Hall–Kier alpha value is -2.61. The van der Waals surface area contributed by atoms with E-state index < -0.39 is 14.9 Å².